The van der Waals surface area contributed by atoms with Crippen LogP contribution in [0.25, 0.3) is 0 Å². The smallest absolute Gasteiger partial charge is 0.139 e. The minimum absolute atomic E-state index is 0.0880. The Kier molecular flexibility index (Phi) is 4.36. The third-order valence-corrected chi connectivity index (χ3v) is 2.69. The van der Waals surface area contributed by atoms with E-state index in [0.29, 0.717) is 17.1 Å². The Morgan fingerprint density at radius 3 is 2.80 bits per heavy atom. The summed E-state index contributed by atoms with van der Waals surface area (Å²) in [5.74, 6) is -0.642. The van der Waals surface area contributed by atoms with Crippen LogP contribution in [0.3, 0.4) is 0 Å². The van der Waals surface area contributed by atoms with E-state index in [1.54, 1.807) is 0 Å². The molecule has 0 radical (unpaired) electrons. The van der Waals surface area contributed by atoms with Crippen LogP contribution in [0.2, 0.25) is 0 Å². The molecule has 0 amide bonds. The highest BCUT2D eigenvalue weighted by atomic mass is 32.2. The summed E-state index contributed by atoms with van der Waals surface area (Å²) in [5, 5.41) is 11.0. The summed E-state index contributed by atoms with van der Waals surface area (Å²) < 4.78 is 25.6. The van der Waals surface area contributed by atoms with Gasteiger partial charge in [0.2, 0.25) is 0 Å². The van der Waals surface area contributed by atoms with Gasteiger partial charge < -0.3 is 10.9 Å². The summed E-state index contributed by atoms with van der Waals surface area (Å²) in [7, 11) is 0. The molecule has 1 aromatic carbocycles. The Labute approximate surface area is 90.0 Å². The fourth-order valence-electron chi connectivity index (χ4n) is 0.908. The standard InChI is InChI=1S/C9H10F2N2OS/c10-6-1-2-8(7(11)5-6)15-4-3-9(12)13-14/h1-2,5,14H,3-4H2,(H2,12,13). The maximum atomic E-state index is 13.1. The molecule has 0 bridgehead atoms. The van der Waals surface area contributed by atoms with E-state index in [1.807, 2.05) is 0 Å². The van der Waals surface area contributed by atoms with Gasteiger partial charge in [-0.05, 0) is 12.1 Å². The van der Waals surface area contributed by atoms with E-state index >= 15 is 0 Å². The topological polar surface area (TPSA) is 58.6 Å². The van der Waals surface area contributed by atoms with Crippen molar-refractivity contribution in [2.45, 2.75) is 11.3 Å². The lowest BCUT2D eigenvalue weighted by molar-refractivity contribution is 0.317. The van der Waals surface area contributed by atoms with E-state index in [1.165, 1.54) is 23.9 Å². The van der Waals surface area contributed by atoms with Crippen LogP contribution in [0.1, 0.15) is 6.42 Å². The third kappa shape index (κ3) is 3.75. The van der Waals surface area contributed by atoms with Gasteiger partial charge in [0.15, 0.2) is 0 Å². The highest BCUT2D eigenvalue weighted by Crippen LogP contribution is 2.22. The largest absolute Gasteiger partial charge is 0.409 e. The van der Waals surface area contributed by atoms with Crippen molar-refractivity contribution >= 4 is 17.6 Å². The van der Waals surface area contributed by atoms with Gasteiger partial charge in [0.05, 0.1) is 0 Å². The molecule has 0 aliphatic carbocycles. The second kappa shape index (κ2) is 5.55. The first kappa shape index (κ1) is 11.8. The van der Waals surface area contributed by atoms with Crippen LogP contribution in [0.4, 0.5) is 8.78 Å². The number of benzene rings is 1. The first-order chi connectivity index (χ1) is 7.13. The Morgan fingerprint density at radius 1 is 1.47 bits per heavy atom. The zero-order valence-electron chi connectivity index (χ0n) is 7.78. The zero-order valence-corrected chi connectivity index (χ0v) is 8.60. The number of hydrogen-bond acceptors (Lipinski definition) is 3. The van der Waals surface area contributed by atoms with E-state index in [9.17, 15) is 8.78 Å². The molecule has 0 atom stereocenters. The quantitative estimate of drug-likeness (QED) is 0.275. The van der Waals surface area contributed by atoms with Crippen molar-refractivity contribution in [3.05, 3.63) is 29.8 Å². The average Bonchev–Trinajstić information content (AvgIpc) is 2.21. The number of amidine groups is 1. The molecule has 0 aliphatic heterocycles. The van der Waals surface area contributed by atoms with Gasteiger partial charge in [-0.3, -0.25) is 0 Å². The van der Waals surface area contributed by atoms with E-state index < -0.39 is 11.6 Å². The Balaban J connectivity index is 2.51. The highest BCUT2D eigenvalue weighted by molar-refractivity contribution is 7.99. The van der Waals surface area contributed by atoms with Crippen molar-refractivity contribution < 1.29 is 14.0 Å². The normalized spacial score (nSPS) is 11.7. The Bertz CT molecular complexity index is 371. The lowest BCUT2D eigenvalue weighted by Crippen LogP contribution is -2.12. The molecule has 3 nitrogen and oxygen atoms in total. The second-order valence-corrected chi connectivity index (χ2v) is 3.90. The molecule has 0 unspecified atom stereocenters. The molecule has 6 heteroatoms. The molecule has 0 aromatic heterocycles. The van der Waals surface area contributed by atoms with Gasteiger partial charge in [0.25, 0.3) is 0 Å². The van der Waals surface area contributed by atoms with Crippen LogP contribution in [-0.2, 0) is 0 Å². The molecule has 3 N–H and O–H groups in total. The molecule has 0 fully saturated rings. The van der Waals surface area contributed by atoms with Gasteiger partial charge in [-0.1, -0.05) is 5.16 Å². The average molecular weight is 232 g/mol. The molecule has 15 heavy (non-hydrogen) atoms. The summed E-state index contributed by atoms with van der Waals surface area (Å²) in [5.41, 5.74) is 5.23. The number of thioether (sulfide) groups is 1. The lowest BCUT2D eigenvalue weighted by Gasteiger charge is -2.02. The number of nitrogens with zero attached hydrogens (tertiary/aromatic N) is 1. The number of halogens is 2. The first-order valence-electron chi connectivity index (χ1n) is 4.17. The van der Waals surface area contributed by atoms with E-state index in [4.69, 9.17) is 10.9 Å². The van der Waals surface area contributed by atoms with Crippen molar-refractivity contribution in [2.75, 3.05) is 5.75 Å². The Morgan fingerprint density at radius 2 is 2.20 bits per heavy atom. The van der Waals surface area contributed by atoms with Gasteiger partial charge in [-0.15, -0.1) is 11.8 Å². The first-order valence-corrected chi connectivity index (χ1v) is 5.16. The van der Waals surface area contributed by atoms with Crippen molar-refractivity contribution in [1.82, 2.24) is 0 Å². The second-order valence-electron chi connectivity index (χ2n) is 2.76. The molecule has 0 spiro atoms. The summed E-state index contributed by atoms with van der Waals surface area (Å²) in [4.78, 5) is 0.349. The number of nitrogens with two attached hydrogens (primary N) is 1. The Hall–Kier alpha value is -1.30. The van der Waals surface area contributed by atoms with Crippen LogP contribution >= 0.6 is 11.8 Å². The molecular weight excluding hydrogens is 222 g/mol. The highest BCUT2D eigenvalue weighted by Gasteiger charge is 2.04. The van der Waals surface area contributed by atoms with E-state index in [0.717, 1.165) is 6.07 Å². The summed E-state index contributed by atoms with van der Waals surface area (Å²) in [6, 6.07) is 3.38. The van der Waals surface area contributed by atoms with Gasteiger partial charge in [-0.25, -0.2) is 8.78 Å². The SMILES string of the molecule is N/C(CCSc1ccc(F)cc1F)=N\O. The van der Waals surface area contributed by atoms with E-state index in [2.05, 4.69) is 5.16 Å². The van der Waals surface area contributed by atoms with Crippen molar-refractivity contribution in [3.8, 4) is 0 Å². The maximum absolute atomic E-state index is 13.1. The van der Waals surface area contributed by atoms with E-state index in [-0.39, 0.29) is 5.84 Å². The molecule has 0 saturated heterocycles. The molecule has 0 aliphatic rings. The molecule has 82 valence electrons. The molecule has 1 rings (SSSR count). The molecule has 0 heterocycles. The van der Waals surface area contributed by atoms with Crippen LogP contribution in [0.15, 0.2) is 28.3 Å². The zero-order chi connectivity index (χ0) is 11.3. The lowest BCUT2D eigenvalue weighted by atomic mass is 10.3. The number of oxime groups is 1. The van der Waals surface area contributed by atoms with Crippen LogP contribution < -0.4 is 5.73 Å². The van der Waals surface area contributed by atoms with Crippen molar-refractivity contribution in [3.63, 3.8) is 0 Å². The summed E-state index contributed by atoms with van der Waals surface area (Å²) in [6.07, 6.45) is 0.345. The maximum Gasteiger partial charge on any atom is 0.139 e. The molecular formula is C9H10F2N2OS. The van der Waals surface area contributed by atoms with Crippen molar-refractivity contribution in [2.24, 2.45) is 10.9 Å². The minimum atomic E-state index is -0.603. The van der Waals surface area contributed by atoms with Crippen LogP contribution in [0.5, 0.6) is 0 Å². The van der Waals surface area contributed by atoms with Gasteiger partial charge >= 0.3 is 0 Å². The van der Waals surface area contributed by atoms with Crippen LogP contribution in [-0.4, -0.2) is 16.8 Å². The van der Waals surface area contributed by atoms with Gasteiger partial charge in [0.1, 0.15) is 17.5 Å². The molecule has 0 saturated carbocycles. The summed E-state index contributed by atoms with van der Waals surface area (Å²) in [6.45, 7) is 0. The fraction of sp³-hybridized carbons (Fsp3) is 0.222. The van der Waals surface area contributed by atoms with Gasteiger partial charge in [-0.2, -0.15) is 0 Å². The predicted octanol–water partition coefficient (Wildman–Crippen LogP) is 2.19. The monoisotopic (exact) mass is 232 g/mol. The van der Waals surface area contributed by atoms with Gasteiger partial charge in [0, 0.05) is 23.1 Å². The fourth-order valence-corrected chi connectivity index (χ4v) is 1.80. The van der Waals surface area contributed by atoms with Crippen molar-refractivity contribution in [1.29, 1.82) is 0 Å². The number of rotatable bonds is 4. The minimum Gasteiger partial charge on any atom is -0.409 e. The predicted molar refractivity (Wildman–Crippen MR) is 55.1 cm³/mol. The molecule has 1 aromatic rings. The van der Waals surface area contributed by atoms with Crippen LogP contribution in [0, 0.1) is 11.6 Å². The summed E-state index contributed by atoms with van der Waals surface area (Å²) >= 11 is 1.19. The number of hydrogen-bond donors (Lipinski definition) is 2. The third-order valence-electron chi connectivity index (χ3n) is 1.64.